The number of fused-ring (bicyclic) bond motifs is 1. The van der Waals surface area contributed by atoms with E-state index in [4.69, 9.17) is 0 Å². The monoisotopic (exact) mass is 398 g/mol. The van der Waals surface area contributed by atoms with Gasteiger partial charge < -0.3 is 0 Å². The molecule has 0 bridgehead atoms. The van der Waals surface area contributed by atoms with E-state index < -0.39 is 0 Å². The highest BCUT2D eigenvalue weighted by Gasteiger charge is 2.07. The van der Waals surface area contributed by atoms with Crippen LogP contribution < -0.4 is 0 Å². The Morgan fingerprint density at radius 1 is 1.50 bits per heavy atom. The van der Waals surface area contributed by atoms with Gasteiger partial charge in [0.05, 0.1) is 4.21 Å². The van der Waals surface area contributed by atoms with Crippen molar-refractivity contribution in [1.82, 2.24) is 0 Å². The van der Waals surface area contributed by atoms with Crippen LogP contribution in [0, 0.1) is 3.57 Å². The molecule has 0 aliphatic carbocycles. The largest absolute Gasteiger partial charge is 0.129 e. The Morgan fingerprint density at radius 2 is 2.29 bits per heavy atom. The van der Waals surface area contributed by atoms with Crippen molar-refractivity contribution in [2.45, 2.75) is 9.54 Å². The number of hydrogen-bond donors (Lipinski definition) is 0. The summed E-state index contributed by atoms with van der Waals surface area (Å²) in [6.07, 6.45) is 2.13. The van der Waals surface area contributed by atoms with Gasteiger partial charge in [0.1, 0.15) is 0 Å². The van der Waals surface area contributed by atoms with Crippen LogP contribution in [0.1, 0.15) is 5.56 Å². The Labute approximate surface area is 114 Å². The Bertz CT molecular complexity index is 464. The zero-order valence-electron chi connectivity index (χ0n) is 7.51. The van der Waals surface area contributed by atoms with Gasteiger partial charge in [-0.1, -0.05) is 22.0 Å². The van der Waals surface area contributed by atoms with E-state index in [9.17, 15) is 0 Å². The van der Waals surface area contributed by atoms with Crippen molar-refractivity contribution in [3.8, 4) is 0 Å². The van der Waals surface area contributed by atoms with Gasteiger partial charge in [-0.05, 0) is 46.5 Å². The van der Waals surface area contributed by atoms with E-state index in [-0.39, 0.29) is 0 Å². The van der Waals surface area contributed by atoms with Crippen molar-refractivity contribution in [3.05, 3.63) is 27.3 Å². The second-order valence-corrected chi connectivity index (χ2v) is 6.68. The van der Waals surface area contributed by atoms with Crippen LogP contribution in [-0.2, 0) is 5.33 Å². The SMILES string of the molecule is CSc1cc2c(I)c(CBr)ccc2s1. The molecule has 0 spiro atoms. The Morgan fingerprint density at radius 3 is 2.93 bits per heavy atom. The second kappa shape index (κ2) is 4.72. The number of thiophene rings is 1. The molecule has 1 aromatic heterocycles. The average Bonchev–Trinajstić information content (AvgIpc) is 2.62. The van der Waals surface area contributed by atoms with E-state index in [1.54, 1.807) is 0 Å². The first-order chi connectivity index (χ1) is 6.76. The van der Waals surface area contributed by atoms with Gasteiger partial charge in [0.25, 0.3) is 0 Å². The maximum absolute atomic E-state index is 3.51. The number of thioether (sulfide) groups is 1. The first-order valence-electron chi connectivity index (χ1n) is 4.07. The minimum absolute atomic E-state index is 0.936. The molecule has 0 radical (unpaired) electrons. The summed E-state index contributed by atoms with van der Waals surface area (Å²) in [5, 5.41) is 2.34. The molecule has 0 saturated heterocycles. The maximum atomic E-state index is 3.51. The molecule has 0 N–H and O–H groups in total. The van der Waals surface area contributed by atoms with Crippen molar-refractivity contribution in [2.24, 2.45) is 0 Å². The lowest BCUT2D eigenvalue weighted by atomic mass is 10.2. The lowest BCUT2D eigenvalue weighted by Gasteiger charge is -2.00. The highest BCUT2D eigenvalue weighted by atomic mass is 127. The van der Waals surface area contributed by atoms with Crippen molar-refractivity contribution >= 4 is 71.7 Å². The van der Waals surface area contributed by atoms with Crippen molar-refractivity contribution in [2.75, 3.05) is 6.26 Å². The van der Waals surface area contributed by atoms with E-state index in [1.807, 2.05) is 23.1 Å². The summed E-state index contributed by atoms with van der Waals surface area (Å²) in [5.41, 5.74) is 1.38. The van der Waals surface area contributed by atoms with Gasteiger partial charge >= 0.3 is 0 Å². The van der Waals surface area contributed by atoms with E-state index in [0.29, 0.717) is 0 Å². The number of alkyl halides is 1. The third-order valence-electron chi connectivity index (χ3n) is 2.04. The molecular formula is C10H8BrIS2. The topological polar surface area (TPSA) is 0 Å². The van der Waals surface area contributed by atoms with Crippen molar-refractivity contribution in [1.29, 1.82) is 0 Å². The number of rotatable bonds is 2. The molecule has 0 unspecified atom stereocenters. The maximum Gasteiger partial charge on any atom is 0.0608 e. The molecule has 0 saturated carbocycles. The summed E-state index contributed by atoms with van der Waals surface area (Å²) in [5.74, 6) is 0. The second-order valence-electron chi connectivity index (χ2n) is 2.85. The van der Waals surface area contributed by atoms with Gasteiger partial charge in [-0.25, -0.2) is 0 Å². The van der Waals surface area contributed by atoms with Crippen molar-refractivity contribution < 1.29 is 0 Å². The Hall–Kier alpha value is 0.740. The molecule has 0 aliphatic heterocycles. The summed E-state index contributed by atoms with van der Waals surface area (Å²) in [4.78, 5) is 0. The van der Waals surface area contributed by atoms with Crippen LogP contribution in [0.2, 0.25) is 0 Å². The van der Waals surface area contributed by atoms with E-state index in [2.05, 4.69) is 63.0 Å². The summed E-state index contributed by atoms with van der Waals surface area (Å²) < 4.78 is 4.17. The predicted octanol–water partition coefficient (Wildman–Crippen LogP) is 5.12. The fourth-order valence-electron chi connectivity index (χ4n) is 1.30. The molecule has 2 rings (SSSR count). The van der Waals surface area contributed by atoms with Crippen molar-refractivity contribution in [3.63, 3.8) is 0 Å². The van der Waals surface area contributed by atoms with E-state index in [1.165, 1.54) is 23.4 Å². The highest BCUT2D eigenvalue weighted by Crippen LogP contribution is 2.35. The molecule has 0 fully saturated rings. The van der Waals surface area contributed by atoms with Crippen LogP contribution in [-0.4, -0.2) is 6.26 Å². The number of hydrogen-bond acceptors (Lipinski definition) is 2. The minimum atomic E-state index is 0.936. The molecule has 0 amide bonds. The van der Waals surface area contributed by atoms with Crippen LogP contribution in [0.5, 0.6) is 0 Å². The quantitative estimate of drug-likeness (QED) is 0.384. The van der Waals surface area contributed by atoms with Crippen LogP contribution >= 0.6 is 61.6 Å². The molecule has 74 valence electrons. The minimum Gasteiger partial charge on any atom is -0.129 e. The number of halogens is 2. The molecule has 1 heterocycles. The zero-order valence-corrected chi connectivity index (χ0v) is 12.9. The molecule has 0 aliphatic rings. The van der Waals surface area contributed by atoms with Gasteiger partial charge in [0, 0.05) is 19.0 Å². The summed E-state index contributed by atoms with van der Waals surface area (Å²) in [6.45, 7) is 0. The normalized spacial score (nSPS) is 11.1. The average molecular weight is 399 g/mol. The van der Waals surface area contributed by atoms with Gasteiger partial charge in [0.15, 0.2) is 0 Å². The highest BCUT2D eigenvalue weighted by molar-refractivity contribution is 14.1. The standard InChI is InChI=1S/C10H8BrIS2/c1-13-9-4-7-8(14-9)3-2-6(5-11)10(7)12/h2-4H,5H2,1H3. The smallest absolute Gasteiger partial charge is 0.0608 e. The van der Waals surface area contributed by atoms with Gasteiger partial charge in [-0.15, -0.1) is 23.1 Å². The Kier molecular flexibility index (Phi) is 3.79. The first kappa shape index (κ1) is 11.2. The first-order valence-corrected chi connectivity index (χ1v) is 8.31. The molecular weight excluding hydrogens is 391 g/mol. The van der Waals surface area contributed by atoms with Crippen LogP contribution in [0.25, 0.3) is 10.1 Å². The molecule has 4 heteroatoms. The molecule has 0 nitrogen and oxygen atoms in total. The lowest BCUT2D eigenvalue weighted by molar-refractivity contribution is 1.43. The lowest BCUT2D eigenvalue weighted by Crippen LogP contribution is -1.82. The van der Waals surface area contributed by atoms with Crippen LogP contribution in [0.3, 0.4) is 0 Å². The summed E-state index contributed by atoms with van der Waals surface area (Å²) in [7, 11) is 0. The Balaban J connectivity index is 2.68. The van der Waals surface area contributed by atoms with Gasteiger partial charge in [0.2, 0.25) is 0 Å². The molecule has 0 atom stereocenters. The summed E-state index contributed by atoms with van der Waals surface area (Å²) >= 11 is 9.64. The molecule has 1 aromatic carbocycles. The van der Waals surface area contributed by atoms with E-state index in [0.717, 1.165) is 5.33 Å². The molecule has 2 aromatic rings. The van der Waals surface area contributed by atoms with E-state index >= 15 is 0 Å². The van der Waals surface area contributed by atoms with Crippen LogP contribution in [0.15, 0.2) is 22.4 Å². The fourth-order valence-corrected chi connectivity index (χ4v) is 4.93. The predicted molar refractivity (Wildman–Crippen MR) is 79.0 cm³/mol. The zero-order chi connectivity index (χ0) is 10.1. The van der Waals surface area contributed by atoms with Gasteiger partial charge in [-0.3, -0.25) is 0 Å². The third-order valence-corrected chi connectivity index (χ3v) is 6.08. The fraction of sp³-hybridized carbons (Fsp3) is 0.200. The third kappa shape index (κ3) is 1.99. The number of benzene rings is 1. The van der Waals surface area contributed by atoms with Gasteiger partial charge in [-0.2, -0.15) is 0 Å². The van der Waals surface area contributed by atoms with Crippen LogP contribution in [0.4, 0.5) is 0 Å². The summed E-state index contributed by atoms with van der Waals surface area (Å²) in [6, 6.07) is 6.72. The molecule has 14 heavy (non-hydrogen) atoms.